The van der Waals surface area contributed by atoms with Gasteiger partial charge in [-0.2, -0.15) is 10.5 Å². The average molecular weight is 438 g/mol. The van der Waals surface area contributed by atoms with Crippen molar-refractivity contribution in [3.05, 3.63) is 71.8 Å². The molecule has 4 fully saturated rings. The molecule has 3 unspecified atom stereocenters. The number of hydrogen-bond acceptors (Lipinski definition) is 3. The van der Waals surface area contributed by atoms with Gasteiger partial charge in [-0.15, -0.1) is 0 Å². The molecule has 4 aliphatic rings. The van der Waals surface area contributed by atoms with Crippen LogP contribution in [0, 0.1) is 44.8 Å². The van der Waals surface area contributed by atoms with Gasteiger partial charge in [0.1, 0.15) is 5.92 Å². The van der Waals surface area contributed by atoms with Crippen LogP contribution in [0.15, 0.2) is 60.7 Å². The summed E-state index contributed by atoms with van der Waals surface area (Å²) in [5, 5.41) is 23.5. The first-order valence-corrected chi connectivity index (χ1v) is 12.0. The molecule has 4 saturated carbocycles. The summed E-state index contributed by atoms with van der Waals surface area (Å²) in [4.78, 5) is 13.3. The first-order chi connectivity index (χ1) is 15.7. The lowest BCUT2D eigenvalue weighted by Gasteiger charge is -2.71. The number of rotatable bonds is 5. The number of nitrogens with zero attached hydrogens (tertiary/aromatic N) is 2. The van der Waals surface area contributed by atoms with E-state index in [0.29, 0.717) is 5.56 Å². The lowest BCUT2D eigenvalue weighted by atomic mass is 9.35. The third-order valence-electron chi connectivity index (χ3n) is 8.48. The van der Waals surface area contributed by atoms with E-state index in [-0.39, 0.29) is 33.6 Å². The van der Waals surface area contributed by atoms with Gasteiger partial charge in [0, 0.05) is 17.0 Å². The maximum absolute atomic E-state index is 13.3. The summed E-state index contributed by atoms with van der Waals surface area (Å²) in [5.74, 6) is -0.896. The minimum absolute atomic E-state index is 0.0201. The monoisotopic (exact) mass is 437 g/mol. The largest absolute Gasteiger partial charge is 0.347 e. The molecule has 0 aliphatic heterocycles. The molecule has 0 aromatic heterocycles. The fourth-order valence-electron chi connectivity index (χ4n) is 8.89. The number of amides is 1. The number of hydrogen-bond donors (Lipinski definition) is 1. The highest BCUT2D eigenvalue weighted by atomic mass is 16.1. The predicted molar refractivity (Wildman–Crippen MR) is 127 cm³/mol. The molecule has 4 heteroatoms. The second kappa shape index (κ2) is 7.46. The van der Waals surface area contributed by atoms with E-state index in [4.69, 9.17) is 0 Å². The van der Waals surface area contributed by atoms with Crippen molar-refractivity contribution in [1.29, 1.82) is 10.5 Å². The van der Waals surface area contributed by atoms with Crippen LogP contribution in [-0.4, -0.2) is 11.4 Å². The normalized spacial score (nSPS) is 34.9. The van der Waals surface area contributed by atoms with Crippen molar-refractivity contribution < 1.29 is 4.79 Å². The van der Waals surface area contributed by atoms with Gasteiger partial charge in [-0.1, -0.05) is 62.4 Å². The molecule has 4 bridgehead atoms. The molecular formula is C29H31N3O. The van der Waals surface area contributed by atoms with Crippen LogP contribution < -0.4 is 5.32 Å². The molecule has 0 spiro atoms. The maximum Gasteiger partial charge on any atom is 0.251 e. The molecule has 168 valence electrons. The Balaban J connectivity index is 1.60. The smallest absolute Gasteiger partial charge is 0.251 e. The molecule has 2 aromatic carbocycles. The minimum atomic E-state index is -0.710. The van der Waals surface area contributed by atoms with Crippen LogP contribution >= 0.6 is 0 Å². The summed E-state index contributed by atoms with van der Waals surface area (Å²) in [6, 6.07) is 24.3. The first kappa shape index (κ1) is 21.7. The van der Waals surface area contributed by atoms with Gasteiger partial charge in [0.05, 0.1) is 12.1 Å². The Labute approximate surface area is 196 Å². The first-order valence-electron chi connectivity index (χ1n) is 12.0. The standard InChI is InChI=1S/C29H31N3O/c1-26-15-27(2)17-28(16-26,24(23(13-30)14-31)21-9-5-3-6-10-21)20-29(18-26,19-27)32-25(33)22-11-7-4-8-12-22/h3-12,23-24H,15-20H2,1-2H3,(H,32,33). The van der Waals surface area contributed by atoms with Crippen LogP contribution in [-0.2, 0) is 0 Å². The molecular weight excluding hydrogens is 406 g/mol. The van der Waals surface area contributed by atoms with E-state index >= 15 is 0 Å². The summed E-state index contributed by atoms with van der Waals surface area (Å²) in [5.41, 5.74) is 1.41. The van der Waals surface area contributed by atoms with Gasteiger partial charge in [-0.05, 0) is 72.5 Å². The van der Waals surface area contributed by atoms with E-state index in [9.17, 15) is 15.3 Å². The van der Waals surface area contributed by atoms with Crippen LogP contribution in [0.2, 0.25) is 0 Å². The van der Waals surface area contributed by atoms with Gasteiger partial charge in [0.2, 0.25) is 0 Å². The van der Waals surface area contributed by atoms with E-state index in [1.165, 1.54) is 0 Å². The minimum Gasteiger partial charge on any atom is -0.347 e. The van der Waals surface area contributed by atoms with Gasteiger partial charge in [-0.25, -0.2) is 0 Å². The van der Waals surface area contributed by atoms with E-state index in [2.05, 4.69) is 43.4 Å². The molecule has 3 atom stereocenters. The van der Waals surface area contributed by atoms with Crippen molar-refractivity contribution in [2.75, 3.05) is 0 Å². The van der Waals surface area contributed by atoms with Crippen molar-refractivity contribution >= 4 is 5.91 Å². The number of carbonyl (C=O) groups excluding carboxylic acids is 1. The maximum atomic E-state index is 13.3. The number of nitrogens with one attached hydrogen (secondary N) is 1. The lowest BCUT2D eigenvalue weighted by Crippen LogP contribution is -2.69. The van der Waals surface area contributed by atoms with Crippen LogP contribution in [0.4, 0.5) is 0 Å². The summed E-state index contributed by atoms with van der Waals surface area (Å²) in [6.07, 6.45) is 5.87. The highest BCUT2D eigenvalue weighted by molar-refractivity contribution is 5.94. The molecule has 6 rings (SSSR count). The Morgan fingerprint density at radius 1 is 0.818 bits per heavy atom. The average Bonchev–Trinajstić information content (AvgIpc) is 2.75. The van der Waals surface area contributed by atoms with Gasteiger partial charge in [-0.3, -0.25) is 4.79 Å². The summed E-state index contributed by atoms with van der Waals surface area (Å²) >= 11 is 0. The Hall–Kier alpha value is -3.11. The second-order valence-electron chi connectivity index (χ2n) is 11.8. The molecule has 2 aromatic rings. The van der Waals surface area contributed by atoms with Gasteiger partial charge in [0.25, 0.3) is 5.91 Å². The van der Waals surface area contributed by atoms with E-state index in [1.807, 2.05) is 48.5 Å². The highest BCUT2D eigenvalue weighted by Gasteiger charge is 2.68. The van der Waals surface area contributed by atoms with Gasteiger partial charge in [0.15, 0.2) is 0 Å². The Bertz CT molecular complexity index is 1110. The van der Waals surface area contributed by atoms with Crippen molar-refractivity contribution in [1.82, 2.24) is 5.32 Å². The number of benzene rings is 2. The fourth-order valence-corrected chi connectivity index (χ4v) is 8.89. The summed E-state index contributed by atoms with van der Waals surface area (Å²) in [6.45, 7) is 4.72. The molecule has 33 heavy (non-hydrogen) atoms. The number of nitriles is 2. The molecule has 0 radical (unpaired) electrons. The van der Waals surface area contributed by atoms with Crippen LogP contribution in [0.5, 0.6) is 0 Å². The van der Waals surface area contributed by atoms with E-state index < -0.39 is 5.92 Å². The fraction of sp³-hybridized carbons (Fsp3) is 0.483. The molecule has 0 heterocycles. The topological polar surface area (TPSA) is 76.7 Å². The highest BCUT2D eigenvalue weighted by Crippen LogP contribution is 2.74. The third-order valence-corrected chi connectivity index (χ3v) is 8.48. The predicted octanol–water partition coefficient (Wildman–Crippen LogP) is 5.98. The number of carbonyl (C=O) groups is 1. The van der Waals surface area contributed by atoms with Gasteiger partial charge < -0.3 is 5.32 Å². The van der Waals surface area contributed by atoms with Crippen molar-refractivity contribution in [2.24, 2.45) is 22.2 Å². The summed E-state index contributed by atoms with van der Waals surface area (Å²) in [7, 11) is 0. The summed E-state index contributed by atoms with van der Waals surface area (Å²) < 4.78 is 0. The van der Waals surface area contributed by atoms with Gasteiger partial charge >= 0.3 is 0 Å². The van der Waals surface area contributed by atoms with Crippen molar-refractivity contribution in [3.63, 3.8) is 0 Å². The zero-order valence-corrected chi connectivity index (χ0v) is 19.5. The molecule has 4 aliphatic carbocycles. The molecule has 4 nitrogen and oxygen atoms in total. The third kappa shape index (κ3) is 3.63. The lowest BCUT2D eigenvalue weighted by molar-refractivity contribution is -0.173. The quantitative estimate of drug-likeness (QED) is 0.625. The Morgan fingerprint density at radius 2 is 1.36 bits per heavy atom. The molecule has 1 amide bonds. The van der Waals surface area contributed by atoms with Crippen LogP contribution in [0.1, 0.15) is 74.2 Å². The van der Waals surface area contributed by atoms with E-state index in [1.54, 1.807) is 0 Å². The zero-order chi connectivity index (χ0) is 23.3. The zero-order valence-electron chi connectivity index (χ0n) is 19.5. The second-order valence-corrected chi connectivity index (χ2v) is 11.8. The Kier molecular flexibility index (Phi) is 4.91. The Morgan fingerprint density at radius 3 is 1.91 bits per heavy atom. The van der Waals surface area contributed by atoms with Crippen molar-refractivity contribution in [3.8, 4) is 12.1 Å². The van der Waals surface area contributed by atoms with Crippen molar-refractivity contribution in [2.45, 2.75) is 63.8 Å². The molecule has 1 N–H and O–H groups in total. The van der Waals surface area contributed by atoms with E-state index in [0.717, 1.165) is 44.1 Å². The van der Waals surface area contributed by atoms with Crippen LogP contribution in [0.3, 0.4) is 0 Å². The SMILES string of the molecule is CC12CC3(C)CC(NC(=O)c4ccccc4)(C1)CC(C(c1ccccc1)C(C#N)C#N)(C2)C3. The molecule has 0 saturated heterocycles. The van der Waals surface area contributed by atoms with Crippen LogP contribution in [0.25, 0.3) is 0 Å².